The van der Waals surface area contributed by atoms with Crippen molar-refractivity contribution in [1.29, 1.82) is 0 Å². The lowest BCUT2D eigenvalue weighted by molar-refractivity contribution is -0.141. The molecule has 0 saturated heterocycles. The van der Waals surface area contributed by atoms with Gasteiger partial charge in [-0.2, -0.15) is 4.99 Å². The Morgan fingerprint density at radius 3 is 2.56 bits per heavy atom. The van der Waals surface area contributed by atoms with Crippen molar-refractivity contribution in [1.82, 2.24) is 4.90 Å². The molecular formula is C4H3N2O3. The van der Waals surface area contributed by atoms with Crippen LogP contribution in [0.15, 0.2) is 4.99 Å². The van der Waals surface area contributed by atoms with Gasteiger partial charge in [-0.1, -0.05) is 0 Å². The van der Waals surface area contributed by atoms with E-state index in [1.807, 2.05) is 6.34 Å². The van der Waals surface area contributed by atoms with E-state index in [0.29, 0.717) is 4.90 Å². The second-order valence-corrected chi connectivity index (χ2v) is 1.39. The molecule has 0 fully saturated rings. The van der Waals surface area contributed by atoms with Crippen molar-refractivity contribution in [3.63, 3.8) is 0 Å². The Balaban J connectivity index is 2.73. The van der Waals surface area contributed by atoms with Gasteiger partial charge in [-0.3, -0.25) is 14.5 Å². The highest BCUT2D eigenvalue weighted by Gasteiger charge is 2.25. The minimum absolute atomic E-state index is 0.548. The molecule has 1 N–H and O–H groups in total. The topological polar surface area (TPSA) is 70.0 Å². The third kappa shape index (κ3) is 0.812. The number of aliphatic imine (C=N–C) groups is 1. The summed E-state index contributed by atoms with van der Waals surface area (Å²) in [6.45, 7) is -0.548. The number of hydrogen-bond donors (Lipinski definition) is 1. The van der Waals surface area contributed by atoms with Crippen molar-refractivity contribution in [2.75, 3.05) is 6.73 Å². The van der Waals surface area contributed by atoms with Crippen LogP contribution in [0.5, 0.6) is 0 Å². The number of carbonyl (C=O) groups is 2. The molecule has 1 radical (unpaired) electrons. The summed E-state index contributed by atoms with van der Waals surface area (Å²) >= 11 is 0. The van der Waals surface area contributed by atoms with Crippen LogP contribution in [0.1, 0.15) is 0 Å². The van der Waals surface area contributed by atoms with Gasteiger partial charge >= 0.3 is 11.8 Å². The van der Waals surface area contributed by atoms with Crippen molar-refractivity contribution < 1.29 is 14.7 Å². The van der Waals surface area contributed by atoms with E-state index < -0.39 is 18.5 Å². The summed E-state index contributed by atoms with van der Waals surface area (Å²) in [5.41, 5.74) is 0. The quantitative estimate of drug-likeness (QED) is 0.423. The monoisotopic (exact) mass is 127 g/mol. The molecule has 1 heterocycles. The standard InChI is InChI=1S/C4H3N2O3/c7-2-6-1-5-3(8)4(6)9/h7H,2H2. The van der Waals surface area contributed by atoms with Crippen molar-refractivity contribution in [2.24, 2.45) is 4.99 Å². The maximum absolute atomic E-state index is 10.4. The Kier molecular flexibility index (Phi) is 1.27. The molecule has 0 aromatic heterocycles. The predicted molar refractivity (Wildman–Crippen MR) is 26.4 cm³/mol. The molecule has 0 saturated carbocycles. The molecule has 5 nitrogen and oxygen atoms in total. The number of aliphatic hydroxyl groups excluding tert-OH is 1. The summed E-state index contributed by atoms with van der Waals surface area (Å²) in [6, 6.07) is 0. The Bertz CT molecular complexity index is 186. The highest BCUT2D eigenvalue weighted by molar-refractivity contribution is 6.41. The molecular weight excluding hydrogens is 124 g/mol. The number of nitrogens with zero attached hydrogens (tertiary/aromatic N) is 2. The molecule has 47 valence electrons. The Hall–Kier alpha value is -1.23. The molecule has 0 spiro atoms. The molecule has 0 atom stereocenters. The SMILES string of the molecule is O=C1N=[C]N(CO)C1=O. The lowest BCUT2D eigenvalue weighted by Gasteiger charge is -2.01. The van der Waals surface area contributed by atoms with E-state index >= 15 is 0 Å². The molecule has 2 amide bonds. The lowest BCUT2D eigenvalue weighted by atomic mass is 10.6. The molecule has 0 aromatic rings. The first-order chi connectivity index (χ1) is 4.25. The maximum Gasteiger partial charge on any atom is 0.337 e. The third-order valence-corrected chi connectivity index (χ3v) is 0.842. The zero-order valence-electron chi connectivity index (χ0n) is 4.37. The van der Waals surface area contributed by atoms with E-state index in [1.54, 1.807) is 0 Å². The average Bonchev–Trinajstić information content (AvgIpc) is 2.15. The molecule has 9 heavy (non-hydrogen) atoms. The van der Waals surface area contributed by atoms with Gasteiger partial charge in [0.15, 0.2) is 6.34 Å². The van der Waals surface area contributed by atoms with E-state index in [-0.39, 0.29) is 0 Å². The number of aliphatic hydroxyl groups is 1. The van der Waals surface area contributed by atoms with Gasteiger partial charge in [0.2, 0.25) is 0 Å². The molecule has 5 heteroatoms. The fraction of sp³-hybridized carbons (Fsp3) is 0.250. The number of carbonyl (C=O) groups excluding carboxylic acids is 2. The van der Waals surface area contributed by atoms with E-state index in [9.17, 15) is 9.59 Å². The minimum Gasteiger partial charge on any atom is -0.376 e. The first-order valence-corrected chi connectivity index (χ1v) is 2.19. The van der Waals surface area contributed by atoms with Crippen LogP contribution in [0.3, 0.4) is 0 Å². The van der Waals surface area contributed by atoms with Crippen LogP contribution in [0.2, 0.25) is 0 Å². The molecule has 0 aliphatic carbocycles. The maximum atomic E-state index is 10.4. The van der Waals surface area contributed by atoms with Gasteiger partial charge in [-0.25, -0.2) is 0 Å². The van der Waals surface area contributed by atoms with E-state index in [0.717, 1.165) is 0 Å². The summed E-state index contributed by atoms with van der Waals surface area (Å²) in [5, 5.41) is 8.28. The Labute approximate surface area is 50.6 Å². The first-order valence-electron chi connectivity index (χ1n) is 2.19. The minimum atomic E-state index is -0.885. The van der Waals surface area contributed by atoms with Crippen LogP contribution >= 0.6 is 0 Å². The Morgan fingerprint density at radius 1 is 1.67 bits per heavy atom. The number of rotatable bonds is 1. The van der Waals surface area contributed by atoms with Gasteiger partial charge in [0.25, 0.3) is 0 Å². The van der Waals surface area contributed by atoms with Crippen molar-refractivity contribution in [2.45, 2.75) is 0 Å². The highest BCUT2D eigenvalue weighted by atomic mass is 16.3. The highest BCUT2D eigenvalue weighted by Crippen LogP contribution is 1.94. The van der Waals surface area contributed by atoms with E-state index in [1.165, 1.54) is 0 Å². The summed E-state index contributed by atoms with van der Waals surface area (Å²) in [5.74, 6) is -1.72. The van der Waals surface area contributed by atoms with Gasteiger partial charge in [0.1, 0.15) is 6.73 Å². The molecule has 0 unspecified atom stereocenters. The molecule has 1 aliphatic rings. The average molecular weight is 127 g/mol. The second kappa shape index (κ2) is 1.94. The van der Waals surface area contributed by atoms with Gasteiger partial charge in [0.05, 0.1) is 0 Å². The van der Waals surface area contributed by atoms with E-state index in [4.69, 9.17) is 5.11 Å². The van der Waals surface area contributed by atoms with Gasteiger partial charge in [-0.15, -0.1) is 0 Å². The van der Waals surface area contributed by atoms with Crippen LogP contribution < -0.4 is 0 Å². The number of hydrogen-bond acceptors (Lipinski definition) is 3. The second-order valence-electron chi connectivity index (χ2n) is 1.39. The van der Waals surface area contributed by atoms with Gasteiger partial charge in [0, 0.05) is 0 Å². The molecule has 1 aliphatic heterocycles. The van der Waals surface area contributed by atoms with Gasteiger partial charge < -0.3 is 5.11 Å². The largest absolute Gasteiger partial charge is 0.376 e. The van der Waals surface area contributed by atoms with Crippen molar-refractivity contribution >= 4 is 18.2 Å². The fourth-order valence-electron chi connectivity index (χ4n) is 0.410. The number of amides is 2. The van der Waals surface area contributed by atoms with Crippen molar-refractivity contribution in [3.8, 4) is 0 Å². The predicted octanol–water partition coefficient (Wildman–Crippen LogP) is -1.79. The third-order valence-electron chi connectivity index (χ3n) is 0.842. The normalized spacial score (nSPS) is 17.7. The Morgan fingerprint density at radius 2 is 2.33 bits per heavy atom. The van der Waals surface area contributed by atoms with Crippen LogP contribution in [-0.2, 0) is 9.59 Å². The summed E-state index contributed by atoms with van der Waals surface area (Å²) in [4.78, 5) is 24.3. The van der Waals surface area contributed by atoms with Gasteiger partial charge in [-0.05, 0) is 0 Å². The fourth-order valence-corrected chi connectivity index (χ4v) is 0.410. The zero-order chi connectivity index (χ0) is 6.85. The molecule has 0 aromatic carbocycles. The summed E-state index contributed by atoms with van der Waals surface area (Å²) in [6.07, 6.45) is 2.02. The molecule has 1 rings (SSSR count). The van der Waals surface area contributed by atoms with Crippen LogP contribution in [0, 0.1) is 0 Å². The first kappa shape index (κ1) is 5.90. The summed E-state index contributed by atoms with van der Waals surface area (Å²) < 4.78 is 0. The van der Waals surface area contributed by atoms with Crippen molar-refractivity contribution in [3.05, 3.63) is 0 Å². The smallest absolute Gasteiger partial charge is 0.337 e. The van der Waals surface area contributed by atoms with Crippen LogP contribution in [0.4, 0.5) is 0 Å². The van der Waals surface area contributed by atoms with Crippen LogP contribution in [0.25, 0.3) is 0 Å². The lowest BCUT2D eigenvalue weighted by Crippen LogP contribution is -2.28. The van der Waals surface area contributed by atoms with E-state index in [2.05, 4.69) is 4.99 Å². The molecule has 0 bridgehead atoms. The summed E-state index contributed by atoms with van der Waals surface area (Å²) in [7, 11) is 0. The zero-order valence-corrected chi connectivity index (χ0v) is 4.37. The van der Waals surface area contributed by atoms with Crippen LogP contribution in [-0.4, -0.2) is 34.9 Å².